The third-order valence-electron chi connectivity index (χ3n) is 0.675. The predicted octanol–water partition coefficient (Wildman–Crippen LogP) is 1.29. The van der Waals surface area contributed by atoms with E-state index < -0.39 is 0 Å². The molecule has 0 aliphatic heterocycles. The smallest absolute Gasteiger partial charge is 0.198 e. The minimum atomic E-state index is 0.365. The molecule has 0 aromatic rings. The van der Waals surface area contributed by atoms with Crippen molar-refractivity contribution in [1.29, 1.82) is 0 Å². The van der Waals surface area contributed by atoms with Gasteiger partial charge in [-0.25, -0.2) is 0 Å². The lowest BCUT2D eigenvalue weighted by Crippen LogP contribution is -2.05. The number of nitrogens with zero attached hydrogens (tertiary/aromatic N) is 1. The van der Waals surface area contributed by atoms with E-state index in [4.69, 9.17) is 16.3 Å². The number of alkyl halides is 1. The molecule has 0 aliphatic rings. The summed E-state index contributed by atoms with van der Waals surface area (Å²) in [7, 11) is 1.66. The minimum absolute atomic E-state index is 0.365. The van der Waals surface area contributed by atoms with Crippen LogP contribution in [-0.4, -0.2) is 25.4 Å². The lowest BCUT2D eigenvalue weighted by atomic mass is 10.7. The highest BCUT2D eigenvalue weighted by Crippen LogP contribution is 1.84. The fourth-order valence-corrected chi connectivity index (χ4v) is 0.526. The van der Waals surface area contributed by atoms with Crippen LogP contribution in [0.25, 0.3) is 0 Å². The van der Waals surface area contributed by atoms with E-state index in [9.17, 15) is 0 Å². The lowest BCUT2D eigenvalue weighted by molar-refractivity contribution is 0.324. The molecule has 0 aromatic carbocycles. The molecule has 2 nitrogen and oxygen atoms in total. The van der Waals surface area contributed by atoms with Crippen LogP contribution in [0.3, 0.4) is 0 Å². The Morgan fingerprint density at radius 3 is 2.50 bits per heavy atom. The molecule has 8 heavy (non-hydrogen) atoms. The Hall–Kier alpha value is -0.240. The van der Waals surface area contributed by atoms with Gasteiger partial charge in [0.1, 0.15) is 0 Å². The van der Waals surface area contributed by atoms with Crippen LogP contribution >= 0.6 is 11.6 Å². The van der Waals surface area contributed by atoms with Crippen molar-refractivity contribution in [3.05, 3.63) is 0 Å². The van der Waals surface area contributed by atoms with Crippen molar-refractivity contribution in [1.82, 2.24) is 0 Å². The zero-order chi connectivity index (χ0) is 6.41. The highest BCUT2D eigenvalue weighted by molar-refractivity contribution is 6.27. The normalized spacial score (nSPS) is 11.6. The Labute approximate surface area is 54.5 Å². The maximum absolute atomic E-state index is 5.39. The summed E-state index contributed by atoms with van der Waals surface area (Å²) in [4.78, 5) is 3.76. The van der Waals surface area contributed by atoms with E-state index in [-0.39, 0.29) is 0 Å². The van der Waals surface area contributed by atoms with Gasteiger partial charge in [0, 0.05) is 7.05 Å². The van der Waals surface area contributed by atoms with E-state index in [0.717, 1.165) is 0 Å². The van der Waals surface area contributed by atoms with Gasteiger partial charge in [0.15, 0.2) is 5.90 Å². The van der Waals surface area contributed by atoms with Gasteiger partial charge in [0.2, 0.25) is 0 Å². The van der Waals surface area contributed by atoms with Gasteiger partial charge in [-0.15, -0.1) is 11.6 Å². The van der Waals surface area contributed by atoms with E-state index in [0.29, 0.717) is 18.4 Å². The van der Waals surface area contributed by atoms with Crippen molar-refractivity contribution in [2.24, 2.45) is 4.99 Å². The molecule has 0 unspecified atom stereocenters. The predicted molar refractivity (Wildman–Crippen MR) is 35.7 cm³/mol. The zero-order valence-corrected chi connectivity index (χ0v) is 5.90. The summed E-state index contributed by atoms with van der Waals surface area (Å²) in [5.74, 6) is 0.971. The first kappa shape index (κ1) is 7.76. The molecule has 0 aliphatic carbocycles. The molecule has 0 N–H and O–H groups in total. The maximum atomic E-state index is 5.39. The van der Waals surface area contributed by atoms with Crippen LogP contribution in [0.15, 0.2) is 4.99 Å². The molecular formula is C5H10ClNO. The maximum Gasteiger partial charge on any atom is 0.198 e. The Morgan fingerprint density at radius 1 is 1.75 bits per heavy atom. The fraction of sp³-hybridized carbons (Fsp3) is 0.800. The summed E-state index contributed by atoms with van der Waals surface area (Å²) in [5, 5.41) is 0. The van der Waals surface area contributed by atoms with Gasteiger partial charge >= 0.3 is 0 Å². The second-order valence-electron chi connectivity index (χ2n) is 1.18. The van der Waals surface area contributed by atoms with Crippen molar-refractivity contribution in [3.63, 3.8) is 0 Å². The average Bonchev–Trinajstić information content (AvgIpc) is 1.83. The molecule has 0 amide bonds. The first-order chi connectivity index (χ1) is 3.85. The molecule has 0 atom stereocenters. The van der Waals surface area contributed by atoms with Gasteiger partial charge in [0.05, 0.1) is 12.5 Å². The van der Waals surface area contributed by atoms with Gasteiger partial charge in [-0.2, -0.15) is 0 Å². The number of ether oxygens (including phenoxy) is 1. The number of rotatable bonds is 2. The van der Waals surface area contributed by atoms with E-state index in [1.165, 1.54) is 0 Å². The van der Waals surface area contributed by atoms with Crippen molar-refractivity contribution < 1.29 is 4.74 Å². The van der Waals surface area contributed by atoms with Crippen LogP contribution in [-0.2, 0) is 4.74 Å². The number of halogens is 1. The van der Waals surface area contributed by atoms with Crippen LogP contribution < -0.4 is 0 Å². The van der Waals surface area contributed by atoms with E-state index in [2.05, 4.69) is 4.99 Å². The van der Waals surface area contributed by atoms with Gasteiger partial charge < -0.3 is 4.74 Å². The third-order valence-corrected chi connectivity index (χ3v) is 0.903. The van der Waals surface area contributed by atoms with Crippen molar-refractivity contribution >= 4 is 17.5 Å². The summed E-state index contributed by atoms with van der Waals surface area (Å²) in [6.45, 7) is 2.54. The molecule has 0 fully saturated rings. The highest BCUT2D eigenvalue weighted by Gasteiger charge is 1.90. The van der Waals surface area contributed by atoms with Crippen LogP contribution in [0.5, 0.6) is 0 Å². The van der Waals surface area contributed by atoms with E-state index >= 15 is 0 Å². The standard InChI is InChI=1S/C5H10ClNO/c1-3-8-5(4-6)7-2/h3-4H2,1-2H3/b7-5+. The highest BCUT2D eigenvalue weighted by atomic mass is 35.5. The first-order valence-corrected chi connectivity index (χ1v) is 3.03. The molecule has 0 radical (unpaired) electrons. The molecule has 3 heteroatoms. The minimum Gasteiger partial charge on any atom is -0.480 e. The average molecular weight is 136 g/mol. The number of aliphatic imine (C=N–C) groups is 1. The monoisotopic (exact) mass is 135 g/mol. The Bertz CT molecular complexity index is 82.5. The number of hydrogen-bond donors (Lipinski definition) is 0. The second-order valence-corrected chi connectivity index (χ2v) is 1.45. The molecule has 0 saturated heterocycles. The molecule has 0 rings (SSSR count). The van der Waals surface area contributed by atoms with Crippen LogP contribution in [0.1, 0.15) is 6.92 Å². The van der Waals surface area contributed by atoms with Crippen molar-refractivity contribution in [2.75, 3.05) is 19.5 Å². The van der Waals surface area contributed by atoms with Crippen molar-refractivity contribution in [2.45, 2.75) is 6.92 Å². The molecule has 0 bridgehead atoms. The third kappa shape index (κ3) is 2.86. The van der Waals surface area contributed by atoms with Gasteiger partial charge in [-0.1, -0.05) is 0 Å². The Kier molecular flexibility index (Phi) is 4.76. The molecule has 48 valence electrons. The van der Waals surface area contributed by atoms with Crippen LogP contribution in [0.4, 0.5) is 0 Å². The van der Waals surface area contributed by atoms with Gasteiger partial charge in [-0.3, -0.25) is 4.99 Å². The summed E-state index contributed by atoms with van der Waals surface area (Å²) in [6, 6.07) is 0. The van der Waals surface area contributed by atoms with Crippen molar-refractivity contribution in [3.8, 4) is 0 Å². The molecule has 0 heterocycles. The zero-order valence-electron chi connectivity index (χ0n) is 5.15. The second kappa shape index (κ2) is 4.91. The van der Waals surface area contributed by atoms with Gasteiger partial charge in [0.25, 0.3) is 0 Å². The largest absolute Gasteiger partial charge is 0.480 e. The van der Waals surface area contributed by atoms with E-state index in [1.54, 1.807) is 7.05 Å². The fourth-order valence-electron chi connectivity index (χ4n) is 0.329. The summed E-state index contributed by atoms with van der Waals surface area (Å²) in [6.07, 6.45) is 0. The Balaban J connectivity index is 3.38. The molecule has 0 saturated carbocycles. The van der Waals surface area contributed by atoms with Crippen LogP contribution in [0.2, 0.25) is 0 Å². The SMILES string of the molecule is CCO/C(CCl)=N/C. The summed E-state index contributed by atoms with van der Waals surface area (Å²) in [5.41, 5.74) is 0. The Morgan fingerprint density at radius 2 is 2.38 bits per heavy atom. The summed E-state index contributed by atoms with van der Waals surface area (Å²) >= 11 is 5.39. The lowest BCUT2D eigenvalue weighted by Gasteiger charge is -1.99. The first-order valence-electron chi connectivity index (χ1n) is 2.49. The molecular weight excluding hydrogens is 126 g/mol. The molecule has 0 aromatic heterocycles. The summed E-state index contributed by atoms with van der Waals surface area (Å²) < 4.78 is 4.96. The number of hydrogen-bond acceptors (Lipinski definition) is 2. The quantitative estimate of drug-likeness (QED) is 0.318. The topological polar surface area (TPSA) is 21.6 Å². The van der Waals surface area contributed by atoms with E-state index in [1.807, 2.05) is 6.92 Å². The van der Waals surface area contributed by atoms with Crippen LogP contribution in [0, 0.1) is 0 Å². The van der Waals surface area contributed by atoms with Gasteiger partial charge in [-0.05, 0) is 6.92 Å². The molecule has 0 spiro atoms.